The summed E-state index contributed by atoms with van der Waals surface area (Å²) in [4.78, 5) is 2.21. The van der Waals surface area contributed by atoms with Crippen molar-refractivity contribution in [2.45, 2.75) is 25.8 Å². The summed E-state index contributed by atoms with van der Waals surface area (Å²) in [6.07, 6.45) is 15.4. The van der Waals surface area contributed by atoms with Gasteiger partial charge < -0.3 is 4.90 Å². The van der Waals surface area contributed by atoms with Gasteiger partial charge in [0.1, 0.15) is 0 Å². The van der Waals surface area contributed by atoms with Crippen molar-refractivity contribution in [2.75, 3.05) is 0 Å². The molecule has 1 heterocycles. The van der Waals surface area contributed by atoms with Crippen LogP contribution in [0.3, 0.4) is 0 Å². The van der Waals surface area contributed by atoms with Crippen molar-refractivity contribution in [3.05, 3.63) is 95.9 Å². The maximum atomic E-state index is 3.98. The van der Waals surface area contributed by atoms with Gasteiger partial charge in [0.25, 0.3) is 0 Å². The summed E-state index contributed by atoms with van der Waals surface area (Å²) in [5.74, 6) is 0. The van der Waals surface area contributed by atoms with Gasteiger partial charge >= 0.3 is 0 Å². The Kier molecular flexibility index (Phi) is 3.92. The summed E-state index contributed by atoms with van der Waals surface area (Å²) in [5, 5.41) is 0. The van der Waals surface area contributed by atoms with Crippen LogP contribution in [-0.4, -0.2) is 4.90 Å². The highest BCUT2D eigenvalue weighted by molar-refractivity contribution is 5.51. The van der Waals surface area contributed by atoms with Crippen molar-refractivity contribution in [1.82, 2.24) is 4.90 Å². The molecular formula is C20H21N. The molecule has 106 valence electrons. The maximum Gasteiger partial charge on any atom is 0.0769 e. The average Bonchev–Trinajstić information content (AvgIpc) is 2.56. The number of rotatable bonds is 3. The van der Waals surface area contributed by atoms with Crippen LogP contribution in [0.15, 0.2) is 90.3 Å². The quantitative estimate of drug-likeness (QED) is 0.724. The second kappa shape index (κ2) is 6.01. The first-order chi connectivity index (χ1) is 10.3. The number of hydrogen-bond donors (Lipinski definition) is 0. The van der Waals surface area contributed by atoms with Crippen LogP contribution in [0.5, 0.6) is 0 Å². The normalized spacial score (nSPS) is 21.5. The Morgan fingerprint density at radius 3 is 2.71 bits per heavy atom. The fourth-order valence-corrected chi connectivity index (χ4v) is 2.99. The average molecular weight is 275 g/mol. The minimum absolute atomic E-state index is 0.243. The Labute approximate surface area is 127 Å². The van der Waals surface area contributed by atoms with E-state index in [4.69, 9.17) is 0 Å². The molecule has 0 aromatic heterocycles. The molecule has 1 heteroatoms. The number of benzene rings is 1. The maximum absolute atomic E-state index is 3.98. The molecular weight excluding hydrogens is 254 g/mol. The van der Waals surface area contributed by atoms with Crippen molar-refractivity contribution < 1.29 is 0 Å². The zero-order valence-corrected chi connectivity index (χ0v) is 12.5. The van der Waals surface area contributed by atoms with Gasteiger partial charge in [-0.05, 0) is 48.2 Å². The standard InChI is InChI=1S/C20H21N/c1-3-21-15-19(17-10-6-4-7-11-17)16(2)14-20(21)18-12-8-5-9-13-18/h3-6,8-10,12-15,20H,1,7,11H2,2H3. The fraction of sp³-hybridized carbons (Fsp3) is 0.200. The van der Waals surface area contributed by atoms with Gasteiger partial charge in [-0.15, -0.1) is 0 Å². The van der Waals surface area contributed by atoms with Gasteiger partial charge in [0.05, 0.1) is 6.04 Å². The van der Waals surface area contributed by atoms with Gasteiger partial charge in [0.15, 0.2) is 0 Å². The summed E-state index contributed by atoms with van der Waals surface area (Å²) in [5.41, 5.74) is 5.41. The Morgan fingerprint density at radius 2 is 2.05 bits per heavy atom. The molecule has 0 saturated heterocycles. The molecule has 1 atom stereocenters. The third kappa shape index (κ3) is 2.78. The van der Waals surface area contributed by atoms with Gasteiger partial charge in [-0.25, -0.2) is 0 Å². The minimum Gasteiger partial charge on any atom is -0.343 e. The van der Waals surface area contributed by atoms with E-state index in [1.54, 1.807) is 0 Å². The molecule has 0 spiro atoms. The summed E-state index contributed by atoms with van der Waals surface area (Å²) in [6, 6.07) is 10.8. The van der Waals surface area contributed by atoms with Gasteiger partial charge in [-0.1, -0.05) is 61.2 Å². The van der Waals surface area contributed by atoms with Crippen molar-refractivity contribution in [3.8, 4) is 0 Å². The molecule has 1 nitrogen and oxygen atoms in total. The Bertz CT molecular complexity index is 644. The highest BCUT2D eigenvalue weighted by Gasteiger charge is 2.21. The Morgan fingerprint density at radius 1 is 1.24 bits per heavy atom. The van der Waals surface area contributed by atoms with Crippen molar-refractivity contribution in [2.24, 2.45) is 0 Å². The molecule has 1 unspecified atom stereocenters. The fourth-order valence-electron chi connectivity index (χ4n) is 2.99. The van der Waals surface area contributed by atoms with Crippen LogP contribution in [0, 0.1) is 0 Å². The van der Waals surface area contributed by atoms with E-state index in [2.05, 4.69) is 79.2 Å². The van der Waals surface area contributed by atoms with E-state index >= 15 is 0 Å². The van der Waals surface area contributed by atoms with Crippen LogP contribution >= 0.6 is 0 Å². The van der Waals surface area contributed by atoms with Crippen LogP contribution in [0.4, 0.5) is 0 Å². The number of hydrogen-bond acceptors (Lipinski definition) is 1. The third-order valence-corrected chi connectivity index (χ3v) is 4.14. The SMILES string of the molecule is C=CN1C=C(C2=CC=CCC2)C(C)=CC1c1ccccc1. The van der Waals surface area contributed by atoms with E-state index in [0.29, 0.717) is 0 Å². The number of allylic oxidation sites excluding steroid dienone is 6. The lowest BCUT2D eigenvalue weighted by molar-refractivity contribution is 0.428. The highest BCUT2D eigenvalue weighted by Crippen LogP contribution is 2.35. The van der Waals surface area contributed by atoms with E-state index in [0.717, 1.165) is 12.8 Å². The lowest BCUT2D eigenvalue weighted by Crippen LogP contribution is -2.21. The largest absolute Gasteiger partial charge is 0.343 e. The highest BCUT2D eigenvalue weighted by atomic mass is 15.1. The molecule has 1 aliphatic carbocycles. The van der Waals surface area contributed by atoms with E-state index in [1.807, 2.05) is 6.20 Å². The molecule has 21 heavy (non-hydrogen) atoms. The Balaban J connectivity index is 1.96. The van der Waals surface area contributed by atoms with E-state index in [-0.39, 0.29) is 6.04 Å². The predicted molar refractivity (Wildman–Crippen MR) is 89.5 cm³/mol. The van der Waals surface area contributed by atoms with Crippen molar-refractivity contribution in [3.63, 3.8) is 0 Å². The first kappa shape index (κ1) is 13.7. The van der Waals surface area contributed by atoms with Crippen LogP contribution in [0.2, 0.25) is 0 Å². The van der Waals surface area contributed by atoms with Gasteiger partial charge in [0, 0.05) is 6.20 Å². The van der Waals surface area contributed by atoms with E-state index in [9.17, 15) is 0 Å². The predicted octanol–water partition coefficient (Wildman–Crippen LogP) is 5.29. The molecule has 1 aromatic carbocycles. The smallest absolute Gasteiger partial charge is 0.0769 e. The number of nitrogens with zero attached hydrogens (tertiary/aromatic N) is 1. The first-order valence-corrected chi connectivity index (χ1v) is 7.51. The van der Waals surface area contributed by atoms with Crippen molar-refractivity contribution in [1.29, 1.82) is 0 Å². The van der Waals surface area contributed by atoms with Gasteiger partial charge in [0.2, 0.25) is 0 Å². The van der Waals surface area contributed by atoms with Gasteiger partial charge in [-0.2, -0.15) is 0 Å². The first-order valence-electron chi connectivity index (χ1n) is 7.51. The monoisotopic (exact) mass is 275 g/mol. The molecule has 0 saturated carbocycles. The molecule has 0 N–H and O–H groups in total. The molecule has 0 fully saturated rings. The van der Waals surface area contributed by atoms with Gasteiger partial charge in [-0.3, -0.25) is 0 Å². The molecule has 2 aliphatic rings. The summed E-state index contributed by atoms with van der Waals surface area (Å²) >= 11 is 0. The topological polar surface area (TPSA) is 3.24 Å². The minimum atomic E-state index is 0.243. The van der Waals surface area contributed by atoms with Crippen molar-refractivity contribution >= 4 is 0 Å². The van der Waals surface area contributed by atoms with Crippen LogP contribution in [-0.2, 0) is 0 Å². The van der Waals surface area contributed by atoms with Crippen LogP contribution in [0.25, 0.3) is 0 Å². The van der Waals surface area contributed by atoms with E-state index < -0.39 is 0 Å². The van der Waals surface area contributed by atoms with E-state index in [1.165, 1.54) is 22.3 Å². The summed E-state index contributed by atoms with van der Waals surface area (Å²) in [7, 11) is 0. The molecule has 0 radical (unpaired) electrons. The van der Waals surface area contributed by atoms with Crippen LogP contribution in [0.1, 0.15) is 31.4 Å². The summed E-state index contributed by atoms with van der Waals surface area (Å²) < 4.78 is 0. The third-order valence-electron chi connectivity index (χ3n) is 4.14. The molecule has 0 amide bonds. The molecule has 1 aromatic rings. The lowest BCUT2D eigenvalue weighted by atomic mass is 9.88. The molecule has 0 bridgehead atoms. The molecule has 1 aliphatic heterocycles. The second-order valence-electron chi connectivity index (χ2n) is 5.54. The zero-order valence-electron chi connectivity index (χ0n) is 12.5. The second-order valence-corrected chi connectivity index (χ2v) is 5.54. The van der Waals surface area contributed by atoms with Crippen LogP contribution < -0.4 is 0 Å². The molecule has 3 rings (SSSR count). The Hall–Kier alpha value is -2.28. The zero-order chi connectivity index (χ0) is 14.7. The lowest BCUT2D eigenvalue weighted by Gasteiger charge is -2.32. The summed E-state index contributed by atoms with van der Waals surface area (Å²) in [6.45, 7) is 6.19.